The van der Waals surface area contributed by atoms with Crippen LogP contribution in [-0.2, 0) is 4.74 Å². The fourth-order valence-electron chi connectivity index (χ4n) is 2.44. The topological polar surface area (TPSA) is 41.6 Å². The van der Waals surface area contributed by atoms with Crippen molar-refractivity contribution < 1.29 is 9.53 Å². The molecule has 0 spiro atoms. The van der Waals surface area contributed by atoms with E-state index in [4.69, 9.17) is 4.74 Å². The number of anilines is 1. The van der Waals surface area contributed by atoms with E-state index in [9.17, 15) is 4.79 Å². The van der Waals surface area contributed by atoms with Crippen molar-refractivity contribution in [2.75, 3.05) is 38.7 Å². The quantitative estimate of drug-likeness (QED) is 0.820. The van der Waals surface area contributed by atoms with Gasteiger partial charge in [0.05, 0.1) is 18.4 Å². The molecule has 1 aliphatic rings. The third-order valence-electron chi connectivity index (χ3n) is 3.42. The maximum absolute atomic E-state index is 11.7. The van der Waals surface area contributed by atoms with Crippen molar-refractivity contribution in [3.05, 3.63) is 29.8 Å². The zero-order valence-corrected chi connectivity index (χ0v) is 11.0. The first-order valence-electron chi connectivity index (χ1n) is 6.31. The van der Waals surface area contributed by atoms with Gasteiger partial charge in [-0.25, -0.2) is 4.79 Å². The van der Waals surface area contributed by atoms with Gasteiger partial charge >= 0.3 is 5.97 Å². The lowest BCUT2D eigenvalue weighted by atomic mass is 10.1. The average Bonchev–Trinajstić information content (AvgIpc) is 2.90. The summed E-state index contributed by atoms with van der Waals surface area (Å²) in [5.74, 6) is 0.377. The minimum atomic E-state index is -0.276. The lowest BCUT2D eigenvalue weighted by Crippen LogP contribution is -2.28. The highest BCUT2D eigenvalue weighted by Crippen LogP contribution is 2.22. The zero-order valence-electron chi connectivity index (χ0n) is 11.0. The molecule has 4 heteroatoms. The fourth-order valence-corrected chi connectivity index (χ4v) is 2.44. The van der Waals surface area contributed by atoms with Gasteiger partial charge in [-0.05, 0) is 37.6 Å². The van der Waals surface area contributed by atoms with Gasteiger partial charge in [-0.15, -0.1) is 0 Å². The molecule has 0 saturated carbocycles. The Hall–Kier alpha value is -1.55. The Labute approximate surface area is 108 Å². The summed E-state index contributed by atoms with van der Waals surface area (Å²) in [7, 11) is 3.44. The Bertz CT molecular complexity index is 414. The third-order valence-corrected chi connectivity index (χ3v) is 3.42. The molecule has 1 aromatic carbocycles. The number of esters is 1. The molecule has 1 atom stereocenters. The minimum Gasteiger partial charge on any atom is -0.465 e. The van der Waals surface area contributed by atoms with Crippen LogP contribution >= 0.6 is 0 Å². The van der Waals surface area contributed by atoms with Gasteiger partial charge in [0.2, 0.25) is 0 Å². The molecule has 1 aliphatic heterocycles. The van der Waals surface area contributed by atoms with Gasteiger partial charge in [0.25, 0.3) is 0 Å². The lowest BCUT2D eigenvalue weighted by Gasteiger charge is -2.24. The molecule has 18 heavy (non-hydrogen) atoms. The van der Waals surface area contributed by atoms with E-state index in [-0.39, 0.29) is 5.97 Å². The lowest BCUT2D eigenvalue weighted by molar-refractivity contribution is 0.0601. The summed E-state index contributed by atoms with van der Waals surface area (Å²) in [6, 6.07) is 7.59. The van der Waals surface area contributed by atoms with Crippen LogP contribution in [0.3, 0.4) is 0 Å². The van der Waals surface area contributed by atoms with Gasteiger partial charge in [0, 0.05) is 13.6 Å². The summed E-state index contributed by atoms with van der Waals surface area (Å²) in [6.45, 7) is 3.11. The van der Waals surface area contributed by atoms with E-state index in [1.54, 1.807) is 0 Å². The molecule has 98 valence electrons. The molecule has 1 aromatic rings. The number of nitrogens with one attached hydrogen (secondary N) is 1. The van der Waals surface area contributed by atoms with Gasteiger partial charge in [-0.3, -0.25) is 0 Å². The molecule has 0 radical (unpaired) electrons. The van der Waals surface area contributed by atoms with Gasteiger partial charge in [-0.2, -0.15) is 0 Å². The Kier molecular flexibility index (Phi) is 4.20. The summed E-state index contributed by atoms with van der Waals surface area (Å²) in [5.41, 5.74) is 1.57. The Morgan fingerprint density at radius 3 is 2.94 bits per heavy atom. The number of ether oxygens (including phenoxy) is 1. The van der Waals surface area contributed by atoms with Gasteiger partial charge in [0.15, 0.2) is 0 Å². The molecule has 0 amide bonds. The molecule has 1 unspecified atom stereocenters. The molecule has 0 aliphatic carbocycles. The first-order valence-corrected chi connectivity index (χ1v) is 6.31. The molecule has 1 fully saturated rings. The van der Waals surface area contributed by atoms with E-state index in [0.717, 1.165) is 25.3 Å². The smallest absolute Gasteiger partial charge is 0.339 e. The van der Waals surface area contributed by atoms with Gasteiger partial charge in [-0.1, -0.05) is 12.1 Å². The molecule has 0 bridgehead atoms. The number of rotatable bonds is 4. The van der Waals surface area contributed by atoms with Crippen LogP contribution in [0.15, 0.2) is 24.3 Å². The molecule has 0 aromatic heterocycles. The number of hydrogen-bond donors (Lipinski definition) is 1. The standard InChI is InChI=1S/C14H20N2O2/c1-16(10-11-7-8-15-9-11)13-6-4-3-5-12(13)14(17)18-2/h3-6,11,15H,7-10H2,1-2H3. The number of carbonyl (C=O) groups excluding carboxylic acids is 1. The van der Waals surface area contributed by atoms with Crippen LogP contribution in [0.25, 0.3) is 0 Å². The second-order valence-corrected chi connectivity index (χ2v) is 4.75. The predicted molar refractivity (Wildman–Crippen MR) is 72.0 cm³/mol. The van der Waals surface area contributed by atoms with E-state index < -0.39 is 0 Å². The Morgan fingerprint density at radius 1 is 1.50 bits per heavy atom. The molecular formula is C14H20N2O2. The van der Waals surface area contributed by atoms with Crippen LogP contribution in [0.4, 0.5) is 5.69 Å². The average molecular weight is 248 g/mol. The van der Waals surface area contributed by atoms with Gasteiger partial charge in [0.1, 0.15) is 0 Å². The first-order chi connectivity index (χ1) is 8.72. The number of nitrogens with zero attached hydrogens (tertiary/aromatic N) is 1. The molecule has 2 rings (SSSR count). The van der Waals surface area contributed by atoms with Gasteiger partial charge < -0.3 is 15.0 Å². The van der Waals surface area contributed by atoms with E-state index in [2.05, 4.69) is 10.2 Å². The summed E-state index contributed by atoms with van der Waals surface area (Å²) >= 11 is 0. The Morgan fingerprint density at radius 2 is 2.28 bits per heavy atom. The SMILES string of the molecule is COC(=O)c1ccccc1N(C)CC1CCNC1. The van der Waals surface area contributed by atoms with Crippen molar-refractivity contribution in [3.63, 3.8) is 0 Å². The number of benzene rings is 1. The van der Waals surface area contributed by atoms with Crippen LogP contribution in [0.5, 0.6) is 0 Å². The van der Waals surface area contributed by atoms with Crippen molar-refractivity contribution in [1.29, 1.82) is 0 Å². The number of para-hydroxylation sites is 1. The highest BCUT2D eigenvalue weighted by Gasteiger charge is 2.19. The Balaban J connectivity index is 2.13. The number of methoxy groups -OCH3 is 1. The largest absolute Gasteiger partial charge is 0.465 e. The van der Waals surface area contributed by atoms with Crippen molar-refractivity contribution in [1.82, 2.24) is 5.32 Å². The molecule has 4 nitrogen and oxygen atoms in total. The predicted octanol–water partition coefficient (Wildman–Crippen LogP) is 1.52. The highest BCUT2D eigenvalue weighted by molar-refractivity contribution is 5.95. The monoisotopic (exact) mass is 248 g/mol. The second-order valence-electron chi connectivity index (χ2n) is 4.75. The molecule has 1 N–H and O–H groups in total. The fraction of sp³-hybridized carbons (Fsp3) is 0.500. The van der Waals surface area contributed by atoms with Crippen LogP contribution in [0, 0.1) is 5.92 Å². The van der Waals surface area contributed by atoms with Crippen LogP contribution < -0.4 is 10.2 Å². The molecular weight excluding hydrogens is 228 g/mol. The summed E-state index contributed by atoms with van der Waals surface area (Å²) in [6.07, 6.45) is 1.20. The van der Waals surface area contributed by atoms with Crippen molar-refractivity contribution in [2.45, 2.75) is 6.42 Å². The molecule has 1 saturated heterocycles. The van der Waals surface area contributed by atoms with Crippen LogP contribution in [0.2, 0.25) is 0 Å². The summed E-state index contributed by atoms with van der Waals surface area (Å²) in [5, 5.41) is 3.36. The highest BCUT2D eigenvalue weighted by atomic mass is 16.5. The third kappa shape index (κ3) is 2.82. The minimum absolute atomic E-state index is 0.276. The maximum Gasteiger partial charge on any atom is 0.339 e. The normalized spacial score (nSPS) is 18.7. The maximum atomic E-state index is 11.7. The van der Waals surface area contributed by atoms with E-state index in [1.807, 2.05) is 31.3 Å². The number of carbonyl (C=O) groups is 1. The van der Waals surface area contributed by atoms with E-state index >= 15 is 0 Å². The van der Waals surface area contributed by atoms with Crippen molar-refractivity contribution in [3.8, 4) is 0 Å². The number of hydrogen-bond acceptors (Lipinski definition) is 4. The van der Waals surface area contributed by atoms with Crippen LogP contribution in [0.1, 0.15) is 16.8 Å². The first kappa shape index (κ1) is 12.9. The zero-order chi connectivity index (χ0) is 13.0. The van der Waals surface area contributed by atoms with Crippen molar-refractivity contribution >= 4 is 11.7 Å². The summed E-state index contributed by atoms with van der Waals surface area (Å²) < 4.78 is 4.82. The van der Waals surface area contributed by atoms with E-state index in [1.165, 1.54) is 13.5 Å². The summed E-state index contributed by atoms with van der Waals surface area (Å²) in [4.78, 5) is 13.9. The van der Waals surface area contributed by atoms with E-state index in [0.29, 0.717) is 11.5 Å². The van der Waals surface area contributed by atoms with Crippen molar-refractivity contribution in [2.24, 2.45) is 5.92 Å². The van der Waals surface area contributed by atoms with Crippen LogP contribution in [-0.4, -0.2) is 39.8 Å². The molecule has 1 heterocycles. The second kappa shape index (κ2) is 5.87.